The lowest BCUT2D eigenvalue weighted by Gasteiger charge is -2.33. The number of hydrogen-bond acceptors (Lipinski definition) is 7. The van der Waals surface area contributed by atoms with Gasteiger partial charge in [-0.05, 0) is 50.4 Å². The average Bonchev–Trinajstić information content (AvgIpc) is 3.19. The van der Waals surface area contributed by atoms with Crippen LogP contribution in [0.5, 0.6) is 0 Å². The summed E-state index contributed by atoms with van der Waals surface area (Å²) in [5.74, 6) is 0.962. The largest absolute Gasteiger partial charge is 0.371 e. The number of likely N-dealkylation sites (N-methyl/N-ethyl adjacent to an activating group) is 1. The van der Waals surface area contributed by atoms with Gasteiger partial charge in [0.2, 0.25) is 0 Å². The molecular weight excluding hydrogens is 432 g/mol. The molecule has 33 heavy (non-hydrogen) atoms. The fraction of sp³-hybridized carbons (Fsp3) is 0.480. The summed E-state index contributed by atoms with van der Waals surface area (Å²) in [6.45, 7) is 8.67. The van der Waals surface area contributed by atoms with Gasteiger partial charge in [-0.1, -0.05) is 18.2 Å². The van der Waals surface area contributed by atoms with Crippen molar-refractivity contribution in [2.24, 2.45) is 0 Å². The van der Waals surface area contributed by atoms with Crippen LogP contribution in [0.15, 0.2) is 30.6 Å². The molecule has 0 spiro atoms. The third-order valence-corrected chi connectivity index (χ3v) is 8.01. The lowest BCUT2D eigenvalue weighted by atomic mass is 10.0. The van der Waals surface area contributed by atoms with E-state index < -0.39 is 0 Å². The molecule has 0 unspecified atom stereocenters. The molecule has 8 heteroatoms. The Morgan fingerprint density at radius 2 is 1.94 bits per heavy atom. The van der Waals surface area contributed by atoms with E-state index in [1.807, 2.05) is 6.92 Å². The van der Waals surface area contributed by atoms with Gasteiger partial charge in [0, 0.05) is 51.5 Å². The van der Waals surface area contributed by atoms with Crippen molar-refractivity contribution in [3.05, 3.63) is 46.6 Å². The second-order valence-electron chi connectivity index (χ2n) is 9.05. The Balaban J connectivity index is 1.23. The monoisotopic (exact) mass is 464 g/mol. The standard InChI is InChI=1S/C25H32N6OS/c1-18-21-23(31-15-13-29(2)14-16-31)27-17-28-25(21)33-22(18)24(32)26-10-6-12-30-11-5-8-19-7-3-4-9-20(19)30/h3-4,7,9,17H,5-6,8,10-16H2,1-2H3,(H,26,32). The number of benzene rings is 1. The minimum Gasteiger partial charge on any atom is -0.371 e. The molecule has 0 atom stereocenters. The van der Waals surface area contributed by atoms with E-state index in [4.69, 9.17) is 0 Å². The van der Waals surface area contributed by atoms with E-state index in [1.54, 1.807) is 6.33 Å². The first-order chi connectivity index (χ1) is 16.1. The number of para-hydroxylation sites is 1. The molecule has 1 saturated heterocycles. The smallest absolute Gasteiger partial charge is 0.261 e. The van der Waals surface area contributed by atoms with Gasteiger partial charge < -0.3 is 20.0 Å². The zero-order valence-electron chi connectivity index (χ0n) is 19.5. The number of nitrogens with zero attached hydrogens (tertiary/aromatic N) is 5. The second-order valence-corrected chi connectivity index (χ2v) is 10.1. The van der Waals surface area contributed by atoms with Gasteiger partial charge in [0.25, 0.3) is 5.91 Å². The molecular formula is C25H32N6OS. The van der Waals surface area contributed by atoms with Crippen LogP contribution < -0.4 is 15.1 Å². The number of aryl methyl sites for hydroxylation is 2. The summed E-state index contributed by atoms with van der Waals surface area (Å²) in [5.41, 5.74) is 3.78. The summed E-state index contributed by atoms with van der Waals surface area (Å²) in [6.07, 6.45) is 4.91. The summed E-state index contributed by atoms with van der Waals surface area (Å²) < 4.78 is 0. The number of piperazine rings is 1. The number of carbonyl (C=O) groups excluding carboxylic acids is 1. The number of carbonyl (C=O) groups is 1. The van der Waals surface area contributed by atoms with E-state index in [2.05, 4.69) is 61.3 Å². The zero-order chi connectivity index (χ0) is 22.8. The Labute approximate surface area is 199 Å². The highest BCUT2D eigenvalue weighted by Crippen LogP contribution is 2.35. The molecule has 0 radical (unpaired) electrons. The maximum Gasteiger partial charge on any atom is 0.261 e. The molecule has 7 nitrogen and oxygen atoms in total. The molecule has 0 aliphatic carbocycles. The van der Waals surface area contributed by atoms with Gasteiger partial charge in [-0.3, -0.25) is 4.79 Å². The third kappa shape index (κ3) is 4.54. The van der Waals surface area contributed by atoms with Gasteiger partial charge in [-0.15, -0.1) is 11.3 Å². The molecule has 1 aromatic carbocycles. The predicted molar refractivity (Wildman–Crippen MR) is 136 cm³/mol. The number of anilines is 2. The van der Waals surface area contributed by atoms with Gasteiger partial charge in [-0.2, -0.15) is 0 Å². The lowest BCUT2D eigenvalue weighted by Crippen LogP contribution is -2.44. The summed E-state index contributed by atoms with van der Waals surface area (Å²) in [6, 6.07) is 8.68. The van der Waals surface area contributed by atoms with Crippen molar-refractivity contribution in [2.45, 2.75) is 26.2 Å². The fourth-order valence-corrected chi connectivity index (χ4v) is 5.98. The first-order valence-corrected chi connectivity index (χ1v) is 12.7. The quantitative estimate of drug-likeness (QED) is 0.565. The topological polar surface area (TPSA) is 64.6 Å². The summed E-state index contributed by atoms with van der Waals surface area (Å²) >= 11 is 1.48. The zero-order valence-corrected chi connectivity index (χ0v) is 20.3. The van der Waals surface area contributed by atoms with Crippen molar-refractivity contribution in [1.29, 1.82) is 0 Å². The maximum atomic E-state index is 13.0. The molecule has 1 N–H and O–H groups in total. The molecule has 0 bridgehead atoms. The molecule has 5 rings (SSSR count). The molecule has 174 valence electrons. The maximum absolute atomic E-state index is 13.0. The SMILES string of the molecule is Cc1c(C(=O)NCCCN2CCCc3ccccc32)sc2ncnc(N3CCN(C)CC3)c12. The van der Waals surface area contributed by atoms with Crippen molar-refractivity contribution in [1.82, 2.24) is 20.2 Å². The third-order valence-electron chi connectivity index (χ3n) is 6.81. The number of rotatable bonds is 6. The number of thiophene rings is 1. The van der Waals surface area contributed by atoms with Gasteiger partial charge in [0.1, 0.15) is 17.0 Å². The highest BCUT2D eigenvalue weighted by molar-refractivity contribution is 7.20. The molecule has 1 amide bonds. The molecule has 4 heterocycles. The van der Waals surface area contributed by atoms with Crippen molar-refractivity contribution >= 4 is 39.0 Å². The lowest BCUT2D eigenvalue weighted by molar-refractivity contribution is 0.0957. The Morgan fingerprint density at radius 3 is 2.79 bits per heavy atom. The summed E-state index contributed by atoms with van der Waals surface area (Å²) in [4.78, 5) is 30.9. The van der Waals surface area contributed by atoms with E-state index >= 15 is 0 Å². The molecule has 2 aromatic heterocycles. The molecule has 1 fully saturated rings. The van der Waals surface area contributed by atoms with Crippen LogP contribution in [0.4, 0.5) is 11.5 Å². The average molecular weight is 465 g/mol. The first kappa shape index (κ1) is 22.1. The summed E-state index contributed by atoms with van der Waals surface area (Å²) in [7, 11) is 2.15. The van der Waals surface area contributed by atoms with E-state index in [0.717, 1.165) is 78.6 Å². The molecule has 2 aliphatic rings. The second kappa shape index (κ2) is 9.65. The van der Waals surface area contributed by atoms with Crippen molar-refractivity contribution in [3.63, 3.8) is 0 Å². The molecule has 2 aliphatic heterocycles. The minimum atomic E-state index is -0.00104. The van der Waals surface area contributed by atoms with Crippen LogP contribution >= 0.6 is 11.3 Å². The van der Waals surface area contributed by atoms with Crippen molar-refractivity contribution in [2.75, 3.05) is 62.7 Å². The Hall–Kier alpha value is -2.71. The van der Waals surface area contributed by atoms with Crippen LogP contribution in [0.2, 0.25) is 0 Å². The number of amides is 1. The van der Waals surface area contributed by atoms with Crippen molar-refractivity contribution in [3.8, 4) is 0 Å². The van der Waals surface area contributed by atoms with E-state index in [-0.39, 0.29) is 5.91 Å². The van der Waals surface area contributed by atoms with Crippen LogP contribution in [-0.4, -0.2) is 73.6 Å². The number of fused-ring (bicyclic) bond motifs is 2. The Bertz CT molecular complexity index is 1140. The van der Waals surface area contributed by atoms with Gasteiger partial charge in [0.05, 0.1) is 10.3 Å². The number of nitrogens with one attached hydrogen (secondary N) is 1. The normalized spacial score (nSPS) is 16.8. The molecule has 3 aromatic rings. The van der Waals surface area contributed by atoms with Crippen LogP contribution in [-0.2, 0) is 6.42 Å². The van der Waals surface area contributed by atoms with Crippen LogP contribution in [0.3, 0.4) is 0 Å². The van der Waals surface area contributed by atoms with Gasteiger partial charge in [-0.25, -0.2) is 9.97 Å². The van der Waals surface area contributed by atoms with E-state index in [0.29, 0.717) is 6.54 Å². The van der Waals surface area contributed by atoms with Crippen LogP contribution in [0.25, 0.3) is 10.2 Å². The number of aromatic nitrogens is 2. The van der Waals surface area contributed by atoms with Gasteiger partial charge in [0.15, 0.2) is 0 Å². The van der Waals surface area contributed by atoms with Crippen LogP contribution in [0.1, 0.15) is 33.6 Å². The van der Waals surface area contributed by atoms with Gasteiger partial charge >= 0.3 is 0 Å². The fourth-order valence-electron chi connectivity index (χ4n) is 4.92. The van der Waals surface area contributed by atoms with Crippen LogP contribution in [0, 0.1) is 6.92 Å². The molecule has 0 saturated carbocycles. The van der Waals surface area contributed by atoms with Crippen molar-refractivity contribution < 1.29 is 4.79 Å². The minimum absolute atomic E-state index is 0.00104. The van der Waals surface area contributed by atoms with E-state index in [1.165, 1.54) is 29.0 Å². The number of hydrogen-bond donors (Lipinski definition) is 1. The first-order valence-electron chi connectivity index (χ1n) is 11.9. The summed E-state index contributed by atoms with van der Waals surface area (Å²) in [5, 5.41) is 4.18. The van der Waals surface area contributed by atoms with E-state index in [9.17, 15) is 4.79 Å². The Morgan fingerprint density at radius 1 is 1.12 bits per heavy atom. The highest BCUT2D eigenvalue weighted by Gasteiger charge is 2.23. The predicted octanol–water partition coefficient (Wildman–Crippen LogP) is 3.32. The Kier molecular flexibility index (Phi) is 6.46. The highest BCUT2D eigenvalue weighted by atomic mass is 32.1.